The Morgan fingerprint density at radius 1 is 1.08 bits per heavy atom. The van der Waals surface area contributed by atoms with E-state index in [0.29, 0.717) is 23.8 Å². The fourth-order valence-corrected chi connectivity index (χ4v) is 2.12. The summed E-state index contributed by atoms with van der Waals surface area (Å²) in [6.07, 6.45) is -0.940. The van der Waals surface area contributed by atoms with E-state index in [1.165, 1.54) is 20.1 Å². The number of methoxy groups -OCH3 is 1. The van der Waals surface area contributed by atoms with Gasteiger partial charge in [-0.05, 0) is 44.2 Å². The summed E-state index contributed by atoms with van der Waals surface area (Å²) in [5, 5.41) is 2.69. The smallest absolute Gasteiger partial charge is 0.339 e. The first-order valence-electron chi connectivity index (χ1n) is 7.93. The largest absolute Gasteiger partial charge is 0.493 e. The molecule has 0 fully saturated rings. The van der Waals surface area contributed by atoms with Crippen molar-refractivity contribution in [2.24, 2.45) is 0 Å². The Kier molecular flexibility index (Phi) is 6.39. The van der Waals surface area contributed by atoms with Gasteiger partial charge in [0.1, 0.15) is 0 Å². The van der Waals surface area contributed by atoms with Crippen molar-refractivity contribution in [3.63, 3.8) is 0 Å². The summed E-state index contributed by atoms with van der Waals surface area (Å²) in [4.78, 5) is 24.4. The van der Waals surface area contributed by atoms with Gasteiger partial charge in [-0.3, -0.25) is 4.79 Å². The Hall–Kier alpha value is -3.02. The van der Waals surface area contributed by atoms with Crippen LogP contribution in [0.15, 0.2) is 48.5 Å². The normalized spacial score (nSPS) is 11.3. The molecule has 1 N–H and O–H groups in total. The Balaban J connectivity index is 2.02. The van der Waals surface area contributed by atoms with Crippen molar-refractivity contribution in [2.45, 2.75) is 20.0 Å². The Bertz CT molecular complexity index is 730. The highest BCUT2D eigenvalue weighted by molar-refractivity contribution is 5.97. The van der Waals surface area contributed by atoms with Crippen molar-refractivity contribution >= 4 is 17.6 Å². The fourth-order valence-electron chi connectivity index (χ4n) is 2.12. The Labute approximate surface area is 146 Å². The van der Waals surface area contributed by atoms with Gasteiger partial charge >= 0.3 is 5.97 Å². The van der Waals surface area contributed by atoms with Crippen molar-refractivity contribution in [1.82, 2.24) is 0 Å². The van der Waals surface area contributed by atoms with Crippen LogP contribution in [0.25, 0.3) is 0 Å². The maximum Gasteiger partial charge on any atom is 0.339 e. The summed E-state index contributed by atoms with van der Waals surface area (Å²) >= 11 is 0. The summed E-state index contributed by atoms with van der Waals surface area (Å²) < 4.78 is 15.8. The molecule has 0 saturated carbocycles. The Morgan fingerprint density at radius 2 is 1.80 bits per heavy atom. The van der Waals surface area contributed by atoms with E-state index in [4.69, 9.17) is 14.2 Å². The molecule has 0 bridgehead atoms. The molecule has 6 heteroatoms. The van der Waals surface area contributed by atoms with E-state index in [9.17, 15) is 9.59 Å². The van der Waals surface area contributed by atoms with Gasteiger partial charge in [-0.15, -0.1) is 0 Å². The summed E-state index contributed by atoms with van der Waals surface area (Å²) in [7, 11) is 1.49. The minimum Gasteiger partial charge on any atom is -0.493 e. The third-order valence-corrected chi connectivity index (χ3v) is 3.39. The first-order valence-corrected chi connectivity index (χ1v) is 7.93. The van der Waals surface area contributed by atoms with Crippen LogP contribution in [-0.4, -0.2) is 31.7 Å². The van der Waals surface area contributed by atoms with Crippen LogP contribution in [0, 0.1) is 0 Å². The molecule has 0 saturated heterocycles. The number of carbonyl (C=O) groups excluding carboxylic acids is 2. The second kappa shape index (κ2) is 8.73. The molecule has 1 amide bonds. The molecular formula is C19H21NO5. The summed E-state index contributed by atoms with van der Waals surface area (Å²) in [6, 6.07) is 13.7. The molecular weight excluding hydrogens is 322 g/mol. The number of para-hydroxylation sites is 1. The topological polar surface area (TPSA) is 73.9 Å². The maximum absolute atomic E-state index is 12.3. The van der Waals surface area contributed by atoms with E-state index >= 15 is 0 Å². The number of amides is 1. The second-order valence-electron chi connectivity index (χ2n) is 5.20. The number of rotatable bonds is 7. The molecule has 0 unspecified atom stereocenters. The molecule has 0 aliphatic carbocycles. The molecule has 2 aromatic carbocycles. The lowest BCUT2D eigenvalue weighted by molar-refractivity contribution is -0.123. The molecule has 0 aliphatic heterocycles. The minimum absolute atomic E-state index is 0.277. The number of carbonyl (C=O) groups is 2. The number of hydrogen-bond donors (Lipinski definition) is 1. The third-order valence-electron chi connectivity index (χ3n) is 3.39. The van der Waals surface area contributed by atoms with Gasteiger partial charge in [0.15, 0.2) is 17.6 Å². The number of esters is 1. The van der Waals surface area contributed by atoms with E-state index in [1.807, 2.05) is 13.0 Å². The van der Waals surface area contributed by atoms with E-state index in [1.54, 1.807) is 36.4 Å². The van der Waals surface area contributed by atoms with Crippen molar-refractivity contribution < 1.29 is 23.8 Å². The molecule has 0 aliphatic rings. The first-order chi connectivity index (χ1) is 12.0. The number of hydrogen-bond acceptors (Lipinski definition) is 5. The van der Waals surface area contributed by atoms with Crippen molar-refractivity contribution in [2.75, 3.05) is 19.0 Å². The first kappa shape index (κ1) is 18.3. The van der Waals surface area contributed by atoms with E-state index in [0.717, 1.165) is 0 Å². The molecule has 6 nitrogen and oxygen atoms in total. The zero-order valence-electron chi connectivity index (χ0n) is 14.4. The van der Waals surface area contributed by atoms with Crippen LogP contribution in [0.1, 0.15) is 24.2 Å². The molecule has 1 atom stereocenters. The van der Waals surface area contributed by atoms with Crippen LogP contribution >= 0.6 is 0 Å². The number of nitrogens with one attached hydrogen (secondary N) is 1. The van der Waals surface area contributed by atoms with Crippen molar-refractivity contribution in [3.05, 3.63) is 54.1 Å². The van der Waals surface area contributed by atoms with Crippen LogP contribution in [0.3, 0.4) is 0 Å². The highest BCUT2D eigenvalue weighted by atomic mass is 16.5. The van der Waals surface area contributed by atoms with Gasteiger partial charge in [0.25, 0.3) is 5.91 Å². The highest BCUT2D eigenvalue weighted by Gasteiger charge is 2.20. The highest BCUT2D eigenvalue weighted by Crippen LogP contribution is 2.28. The molecule has 2 aromatic rings. The van der Waals surface area contributed by atoms with Gasteiger partial charge in [-0.2, -0.15) is 0 Å². The molecule has 0 aromatic heterocycles. The van der Waals surface area contributed by atoms with Crippen LogP contribution in [-0.2, 0) is 9.53 Å². The van der Waals surface area contributed by atoms with Crippen molar-refractivity contribution in [3.8, 4) is 11.5 Å². The van der Waals surface area contributed by atoms with Crippen LogP contribution in [0.4, 0.5) is 5.69 Å². The zero-order chi connectivity index (χ0) is 18.2. The fraction of sp³-hybridized carbons (Fsp3) is 0.263. The molecule has 0 heterocycles. The zero-order valence-corrected chi connectivity index (χ0v) is 14.4. The lowest BCUT2D eigenvalue weighted by Gasteiger charge is -2.14. The van der Waals surface area contributed by atoms with Crippen LogP contribution < -0.4 is 14.8 Å². The average Bonchev–Trinajstić information content (AvgIpc) is 2.63. The second-order valence-corrected chi connectivity index (χ2v) is 5.20. The summed E-state index contributed by atoms with van der Waals surface area (Å²) in [5.41, 5.74) is 0.915. The van der Waals surface area contributed by atoms with Gasteiger partial charge < -0.3 is 19.5 Å². The van der Waals surface area contributed by atoms with Crippen molar-refractivity contribution in [1.29, 1.82) is 0 Å². The van der Waals surface area contributed by atoms with Gasteiger partial charge in [-0.25, -0.2) is 4.79 Å². The number of anilines is 1. The summed E-state index contributed by atoms with van der Waals surface area (Å²) in [6.45, 7) is 3.85. The third kappa shape index (κ3) is 4.97. The van der Waals surface area contributed by atoms with Gasteiger partial charge in [0, 0.05) is 5.69 Å². The van der Waals surface area contributed by atoms with Crippen LogP contribution in [0.5, 0.6) is 11.5 Å². The van der Waals surface area contributed by atoms with E-state index < -0.39 is 18.0 Å². The lowest BCUT2D eigenvalue weighted by Crippen LogP contribution is -2.30. The van der Waals surface area contributed by atoms with Gasteiger partial charge in [0.2, 0.25) is 0 Å². The van der Waals surface area contributed by atoms with E-state index in [-0.39, 0.29) is 5.56 Å². The molecule has 0 spiro atoms. The lowest BCUT2D eigenvalue weighted by atomic mass is 10.2. The summed E-state index contributed by atoms with van der Waals surface area (Å²) in [5.74, 6) is -0.0522. The maximum atomic E-state index is 12.3. The van der Waals surface area contributed by atoms with Crippen LogP contribution in [0.2, 0.25) is 0 Å². The standard InChI is InChI=1S/C19H21NO5/c1-4-24-16-11-10-14(12-17(16)23-3)19(22)25-13(2)18(21)20-15-8-6-5-7-9-15/h5-13H,4H2,1-3H3,(H,20,21)/t13-/m1/s1. The molecule has 0 radical (unpaired) electrons. The number of ether oxygens (including phenoxy) is 3. The predicted molar refractivity (Wildman–Crippen MR) is 94.1 cm³/mol. The predicted octanol–water partition coefficient (Wildman–Crippen LogP) is 3.28. The van der Waals surface area contributed by atoms with Gasteiger partial charge in [0.05, 0.1) is 19.3 Å². The van der Waals surface area contributed by atoms with E-state index in [2.05, 4.69) is 5.32 Å². The average molecular weight is 343 g/mol. The van der Waals surface area contributed by atoms with Gasteiger partial charge in [-0.1, -0.05) is 18.2 Å². The quantitative estimate of drug-likeness (QED) is 0.781. The Morgan fingerprint density at radius 3 is 2.44 bits per heavy atom. The minimum atomic E-state index is -0.940. The SMILES string of the molecule is CCOc1ccc(C(=O)O[C@H](C)C(=O)Nc2ccccc2)cc1OC. The molecule has 2 rings (SSSR count). The molecule has 25 heavy (non-hydrogen) atoms. The molecule has 132 valence electrons. The monoisotopic (exact) mass is 343 g/mol. The number of benzene rings is 2.